The quantitative estimate of drug-likeness (QED) is 0.797. The molecule has 0 radical (unpaired) electrons. The summed E-state index contributed by atoms with van der Waals surface area (Å²) in [5.41, 5.74) is 8.94. The van der Waals surface area contributed by atoms with Crippen molar-refractivity contribution in [1.82, 2.24) is 19.6 Å². The van der Waals surface area contributed by atoms with Gasteiger partial charge in [0.1, 0.15) is 5.65 Å². The lowest BCUT2D eigenvalue weighted by atomic mass is 10.0. The van der Waals surface area contributed by atoms with Gasteiger partial charge in [-0.25, -0.2) is 4.98 Å². The van der Waals surface area contributed by atoms with Crippen molar-refractivity contribution < 1.29 is 9.59 Å². The Bertz CT molecular complexity index is 795. The first-order valence-electron chi connectivity index (χ1n) is 8.66. The Morgan fingerprint density at radius 1 is 1.30 bits per heavy atom. The topological polar surface area (TPSA) is 92.7 Å². The van der Waals surface area contributed by atoms with E-state index in [1.165, 1.54) is 6.92 Å². The fraction of sp³-hybridized carbons (Fsp3) is 0.500. The molecule has 150 valence electrons. The zero-order chi connectivity index (χ0) is 18.0. The van der Waals surface area contributed by atoms with Crippen molar-refractivity contribution in [3.63, 3.8) is 0 Å². The van der Waals surface area contributed by atoms with Gasteiger partial charge in [-0.05, 0) is 31.4 Å². The molecule has 0 aromatic carbocycles. The van der Waals surface area contributed by atoms with Crippen LogP contribution in [0.15, 0.2) is 24.5 Å². The van der Waals surface area contributed by atoms with Gasteiger partial charge in [0.15, 0.2) is 0 Å². The molecule has 1 aliphatic heterocycles. The van der Waals surface area contributed by atoms with Crippen LogP contribution >= 0.6 is 24.8 Å². The second-order valence-corrected chi connectivity index (χ2v) is 6.81. The number of amides is 2. The van der Waals surface area contributed by atoms with E-state index in [0.717, 1.165) is 23.3 Å². The molecule has 3 heterocycles. The number of fused-ring (bicyclic) bond motifs is 1. The van der Waals surface area contributed by atoms with E-state index in [0.29, 0.717) is 26.1 Å². The van der Waals surface area contributed by atoms with Crippen LogP contribution in [0, 0.1) is 12.8 Å². The number of likely N-dealkylation sites (tertiary alicyclic amines) is 1. The normalized spacial score (nSPS) is 19.6. The number of carbonyl (C=O) groups is 2. The Hall–Kier alpha value is -1.83. The number of carbonyl (C=O) groups excluding carboxylic acids is 2. The third-order valence-corrected chi connectivity index (χ3v) is 4.85. The number of aryl methyl sites for hydroxylation is 1. The summed E-state index contributed by atoms with van der Waals surface area (Å²) in [5.74, 6) is -0.297. The molecule has 0 unspecified atom stereocenters. The van der Waals surface area contributed by atoms with Gasteiger partial charge in [0.2, 0.25) is 11.8 Å². The van der Waals surface area contributed by atoms with Crippen molar-refractivity contribution in [2.75, 3.05) is 13.1 Å². The lowest BCUT2D eigenvalue weighted by Crippen LogP contribution is -2.42. The van der Waals surface area contributed by atoms with E-state index in [1.807, 2.05) is 29.7 Å². The molecule has 2 aromatic heterocycles. The third kappa shape index (κ3) is 5.34. The van der Waals surface area contributed by atoms with Gasteiger partial charge in [-0.2, -0.15) is 0 Å². The lowest BCUT2D eigenvalue weighted by molar-refractivity contribution is -0.131. The third-order valence-electron chi connectivity index (χ3n) is 4.85. The second-order valence-electron chi connectivity index (χ2n) is 6.81. The molecular formula is C18H27Cl2N5O2. The molecule has 0 saturated carbocycles. The fourth-order valence-electron chi connectivity index (χ4n) is 3.35. The minimum atomic E-state index is -0.224. The van der Waals surface area contributed by atoms with Gasteiger partial charge in [0.05, 0.1) is 24.4 Å². The van der Waals surface area contributed by atoms with Crippen molar-refractivity contribution in [2.45, 2.75) is 39.3 Å². The molecule has 3 N–H and O–H groups in total. The molecule has 2 amide bonds. The summed E-state index contributed by atoms with van der Waals surface area (Å²) in [6, 6.07) is 3.91. The number of aromatic nitrogens is 2. The predicted octanol–water partition coefficient (Wildman–Crippen LogP) is 1.69. The number of nitrogens with two attached hydrogens (primary N) is 1. The minimum Gasteiger partial charge on any atom is -0.350 e. The van der Waals surface area contributed by atoms with Gasteiger partial charge in [-0.15, -0.1) is 24.8 Å². The average Bonchev–Trinajstić information content (AvgIpc) is 2.88. The average molecular weight is 416 g/mol. The maximum atomic E-state index is 12.6. The molecule has 1 saturated heterocycles. The zero-order valence-electron chi connectivity index (χ0n) is 15.6. The van der Waals surface area contributed by atoms with E-state index >= 15 is 0 Å². The van der Waals surface area contributed by atoms with E-state index in [4.69, 9.17) is 5.73 Å². The molecule has 7 nitrogen and oxygen atoms in total. The maximum absolute atomic E-state index is 12.6. The molecule has 1 fully saturated rings. The van der Waals surface area contributed by atoms with Crippen LogP contribution in [0.2, 0.25) is 0 Å². The van der Waals surface area contributed by atoms with Crippen molar-refractivity contribution in [3.8, 4) is 0 Å². The Labute approximate surface area is 171 Å². The van der Waals surface area contributed by atoms with E-state index in [-0.39, 0.29) is 48.6 Å². The van der Waals surface area contributed by atoms with Crippen LogP contribution in [0.25, 0.3) is 5.65 Å². The number of hydrogen-bond acceptors (Lipinski definition) is 4. The first-order valence-corrected chi connectivity index (χ1v) is 8.66. The fourth-order valence-corrected chi connectivity index (χ4v) is 3.35. The zero-order valence-corrected chi connectivity index (χ0v) is 17.2. The first-order chi connectivity index (χ1) is 12.0. The highest BCUT2D eigenvalue weighted by molar-refractivity contribution is 5.85. The number of nitrogens with one attached hydrogen (secondary N) is 1. The smallest absolute Gasteiger partial charge is 0.225 e. The van der Waals surface area contributed by atoms with Crippen molar-refractivity contribution in [2.24, 2.45) is 11.7 Å². The molecule has 9 heteroatoms. The van der Waals surface area contributed by atoms with E-state index in [9.17, 15) is 9.59 Å². The van der Waals surface area contributed by atoms with Gasteiger partial charge >= 0.3 is 0 Å². The van der Waals surface area contributed by atoms with E-state index in [1.54, 1.807) is 11.1 Å². The van der Waals surface area contributed by atoms with Gasteiger partial charge in [0.25, 0.3) is 0 Å². The summed E-state index contributed by atoms with van der Waals surface area (Å²) in [6.07, 6.45) is 5.17. The summed E-state index contributed by atoms with van der Waals surface area (Å²) >= 11 is 0. The minimum absolute atomic E-state index is 0. The van der Waals surface area contributed by atoms with Crippen molar-refractivity contribution >= 4 is 42.3 Å². The van der Waals surface area contributed by atoms with Crippen LogP contribution in [0.1, 0.15) is 31.0 Å². The van der Waals surface area contributed by atoms with Crippen LogP contribution in [0.3, 0.4) is 0 Å². The number of hydrogen-bond donors (Lipinski definition) is 2. The van der Waals surface area contributed by atoms with Gasteiger partial charge < -0.3 is 20.4 Å². The van der Waals surface area contributed by atoms with Gasteiger partial charge in [-0.1, -0.05) is 6.07 Å². The van der Waals surface area contributed by atoms with Crippen LogP contribution in [0.5, 0.6) is 0 Å². The highest BCUT2D eigenvalue weighted by Crippen LogP contribution is 2.17. The van der Waals surface area contributed by atoms with Crippen molar-refractivity contribution in [1.29, 1.82) is 0 Å². The molecule has 0 bridgehead atoms. The number of halogens is 2. The van der Waals surface area contributed by atoms with Gasteiger partial charge in [-0.3, -0.25) is 9.59 Å². The van der Waals surface area contributed by atoms with Crippen LogP contribution in [0.4, 0.5) is 0 Å². The first kappa shape index (κ1) is 23.2. The highest BCUT2D eigenvalue weighted by atomic mass is 35.5. The molecule has 2 atom stereocenters. The largest absolute Gasteiger partial charge is 0.350 e. The van der Waals surface area contributed by atoms with E-state index in [2.05, 4.69) is 10.3 Å². The maximum Gasteiger partial charge on any atom is 0.225 e. The molecule has 27 heavy (non-hydrogen) atoms. The van der Waals surface area contributed by atoms with E-state index < -0.39 is 0 Å². The Kier molecular flexibility index (Phi) is 8.53. The van der Waals surface area contributed by atoms with Gasteiger partial charge in [0, 0.05) is 32.3 Å². The number of pyridine rings is 1. The summed E-state index contributed by atoms with van der Waals surface area (Å²) in [7, 11) is 0. The second kappa shape index (κ2) is 9.92. The standard InChI is InChI=1S/C18H25N5O2.2ClH/c1-12-4-3-7-23-16(8-20-17(12)23)9-21-18(25)14-5-6-15(19)11-22(10-14)13(2)24;;/h3-4,7-8,14-15H,5-6,9-11,19H2,1-2H3,(H,21,25);2*1H/t14-,15+;;/m1../s1. The van der Waals surface area contributed by atoms with Crippen LogP contribution in [-0.4, -0.2) is 45.2 Å². The Balaban J connectivity index is 0.00000182. The van der Waals surface area contributed by atoms with Crippen LogP contribution < -0.4 is 11.1 Å². The lowest BCUT2D eigenvalue weighted by Gasteiger charge is -2.23. The molecular weight excluding hydrogens is 389 g/mol. The number of imidazole rings is 1. The number of rotatable bonds is 3. The summed E-state index contributed by atoms with van der Waals surface area (Å²) in [5, 5.41) is 2.99. The highest BCUT2D eigenvalue weighted by Gasteiger charge is 2.28. The Morgan fingerprint density at radius 3 is 2.74 bits per heavy atom. The Morgan fingerprint density at radius 2 is 2.04 bits per heavy atom. The molecule has 0 aliphatic carbocycles. The summed E-state index contributed by atoms with van der Waals surface area (Å²) in [6.45, 7) is 4.89. The monoisotopic (exact) mass is 415 g/mol. The summed E-state index contributed by atoms with van der Waals surface area (Å²) in [4.78, 5) is 30.4. The molecule has 2 aromatic rings. The molecule has 3 rings (SSSR count). The molecule has 1 aliphatic rings. The summed E-state index contributed by atoms with van der Waals surface area (Å²) < 4.78 is 1.99. The van der Waals surface area contributed by atoms with Crippen LogP contribution in [-0.2, 0) is 16.1 Å². The molecule has 0 spiro atoms. The van der Waals surface area contributed by atoms with Crippen molar-refractivity contribution in [3.05, 3.63) is 35.8 Å². The number of nitrogens with zero attached hydrogens (tertiary/aromatic N) is 3. The SMILES string of the molecule is CC(=O)N1C[C@@H](N)CC[C@@H](C(=O)NCc2cnc3c(C)cccn23)C1.Cl.Cl. The predicted molar refractivity (Wildman–Crippen MR) is 109 cm³/mol.